The zero-order valence-electron chi connectivity index (χ0n) is 13.2. The molecule has 0 aliphatic carbocycles. The maximum absolute atomic E-state index is 12.3. The Kier molecular flexibility index (Phi) is 5.99. The van der Waals surface area contributed by atoms with E-state index in [-0.39, 0.29) is 17.9 Å². The van der Waals surface area contributed by atoms with Crippen molar-refractivity contribution >= 4 is 11.9 Å². The Morgan fingerprint density at radius 1 is 1.20 bits per heavy atom. The van der Waals surface area contributed by atoms with Crippen LogP contribution in [0.1, 0.15) is 53.9 Å². The van der Waals surface area contributed by atoms with Crippen LogP contribution < -0.4 is 5.32 Å². The van der Waals surface area contributed by atoms with Gasteiger partial charge in [0.15, 0.2) is 0 Å². The molecule has 5 nitrogen and oxygen atoms in total. The largest absolute Gasteiger partial charge is 0.480 e. The number of carboxylic acids is 1. The molecule has 1 aliphatic rings. The monoisotopic (exact) mass is 284 g/mol. The van der Waals surface area contributed by atoms with Crippen LogP contribution in [0, 0.1) is 5.92 Å². The van der Waals surface area contributed by atoms with Crippen LogP contribution in [-0.4, -0.2) is 46.1 Å². The van der Waals surface area contributed by atoms with Gasteiger partial charge in [-0.25, -0.2) is 4.79 Å². The third kappa shape index (κ3) is 4.20. The number of carbonyl (C=O) groups is 2. The molecule has 0 bridgehead atoms. The molecule has 20 heavy (non-hydrogen) atoms. The van der Waals surface area contributed by atoms with E-state index in [1.54, 1.807) is 0 Å². The van der Waals surface area contributed by atoms with Crippen LogP contribution in [0.2, 0.25) is 0 Å². The summed E-state index contributed by atoms with van der Waals surface area (Å²) in [5.41, 5.74) is 0. The summed E-state index contributed by atoms with van der Waals surface area (Å²) in [6.07, 6.45) is 2.64. The molecule has 0 saturated carbocycles. The summed E-state index contributed by atoms with van der Waals surface area (Å²) in [6.45, 7) is 10.0. The number of aliphatic carboxylic acids is 1. The van der Waals surface area contributed by atoms with E-state index >= 15 is 0 Å². The van der Waals surface area contributed by atoms with Gasteiger partial charge in [-0.3, -0.25) is 9.69 Å². The van der Waals surface area contributed by atoms with Crippen molar-refractivity contribution < 1.29 is 14.7 Å². The molecule has 2 N–H and O–H groups in total. The number of hydrogen-bond acceptors (Lipinski definition) is 3. The molecule has 0 aromatic rings. The van der Waals surface area contributed by atoms with Gasteiger partial charge in [0, 0.05) is 12.1 Å². The topological polar surface area (TPSA) is 69.6 Å². The Morgan fingerprint density at radius 2 is 1.70 bits per heavy atom. The van der Waals surface area contributed by atoms with Crippen LogP contribution in [0.3, 0.4) is 0 Å². The molecule has 0 aromatic heterocycles. The molecule has 1 fully saturated rings. The van der Waals surface area contributed by atoms with E-state index in [2.05, 4.69) is 24.1 Å². The molecule has 3 unspecified atom stereocenters. The third-order valence-electron chi connectivity index (χ3n) is 4.17. The fourth-order valence-electron chi connectivity index (χ4n) is 3.10. The number of nitrogens with one attached hydrogen (secondary N) is 1. The zero-order chi connectivity index (χ0) is 15.4. The zero-order valence-corrected chi connectivity index (χ0v) is 13.2. The van der Waals surface area contributed by atoms with Gasteiger partial charge in [0.2, 0.25) is 5.91 Å². The lowest BCUT2D eigenvalue weighted by atomic mass is 10.0. The van der Waals surface area contributed by atoms with Crippen molar-refractivity contribution in [3.8, 4) is 0 Å². The second kappa shape index (κ2) is 7.07. The first-order valence-electron chi connectivity index (χ1n) is 7.54. The molecule has 0 spiro atoms. The average Bonchev–Trinajstić information content (AvgIpc) is 2.66. The molecule has 1 amide bonds. The molecule has 0 aromatic carbocycles. The Hall–Kier alpha value is -1.10. The van der Waals surface area contributed by atoms with Crippen LogP contribution in [0.5, 0.6) is 0 Å². The number of rotatable bonds is 6. The summed E-state index contributed by atoms with van der Waals surface area (Å²) in [7, 11) is 0. The van der Waals surface area contributed by atoms with Gasteiger partial charge in [0.1, 0.15) is 6.04 Å². The average molecular weight is 284 g/mol. The summed E-state index contributed by atoms with van der Waals surface area (Å²) >= 11 is 0. The number of amides is 1. The smallest absolute Gasteiger partial charge is 0.326 e. The molecule has 0 radical (unpaired) electrons. The SMILES string of the molecule is CC(C)C[C@H](NC(=O)C(C)N1C(C)CCC1C)C(=O)O. The van der Waals surface area contributed by atoms with Crippen molar-refractivity contribution in [2.24, 2.45) is 5.92 Å². The number of likely N-dealkylation sites (tertiary alicyclic amines) is 1. The highest BCUT2D eigenvalue weighted by Crippen LogP contribution is 2.26. The first kappa shape index (κ1) is 17.0. The Labute approximate surface area is 121 Å². The van der Waals surface area contributed by atoms with E-state index in [0.29, 0.717) is 18.5 Å². The molecule has 116 valence electrons. The van der Waals surface area contributed by atoms with Crippen LogP contribution in [0.15, 0.2) is 0 Å². The molecule has 1 rings (SSSR count). The fraction of sp³-hybridized carbons (Fsp3) is 0.867. The summed E-state index contributed by atoms with van der Waals surface area (Å²) in [5.74, 6) is -0.906. The second-order valence-corrected chi connectivity index (χ2v) is 6.43. The van der Waals surface area contributed by atoms with E-state index in [1.807, 2.05) is 20.8 Å². The fourth-order valence-corrected chi connectivity index (χ4v) is 3.10. The van der Waals surface area contributed by atoms with Gasteiger partial charge in [0.25, 0.3) is 0 Å². The Morgan fingerprint density at radius 3 is 2.10 bits per heavy atom. The molecule has 5 heteroatoms. The van der Waals surface area contributed by atoms with Crippen molar-refractivity contribution in [2.45, 2.75) is 78.0 Å². The number of carbonyl (C=O) groups excluding carboxylic acids is 1. The maximum atomic E-state index is 12.3. The van der Waals surface area contributed by atoms with Crippen molar-refractivity contribution in [3.63, 3.8) is 0 Å². The van der Waals surface area contributed by atoms with E-state index in [9.17, 15) is 14.7 Å². The van der Waals surface area contributed by atoms with Crippen molar-refractivity contribution in [1.82, 2.24) is 10.2 Å². The highest BCUT2D eigenvalue weighted by molar-refractivity contribution is 5.86. The quantitative estimate of drug-likeness (QED) is 0.781. The molecular formula is C15H28N2O3. The van der Waals surface area contributed by atoms with Crippen LogP contribution >= 0.6 is 0 Å². The number of hydrogen-bond donors (Lipinski definition) is 2. The van der Waals surface area contributed by atoms with Crippen molar-refractivity contribution in [3.05, 3.63) is 0 Å². The van der Waals surface area contributed by atoms with E-state index in [1.165, 1.54) is 0 Å². The first-order chi connectivity index (χ1) is 9.23. The van der Waals surface area contributed by atoms with Gasteiger partial charge in [-0.2, -0.15) is 0 Å². The molecule has 1 aliphatic heterocycles. The summed E-state index contributed by atoms with van der Waals surface area (Å²) < 4.78 is 0. The minimum absolute atomic E-state index is 0.182. The number of carboxylic acid groups (broad SMARTS) is 1. The first-order valence-corrected chi connectivity index (χ1v) is 7.54. The van der Waals surface area contributed by atoms with E-state index in [0.717, 1.165) is 12.8 Å². The molecule has 1 heterocycles. The Balaban J connectivity index is 2.66. The van der Waals surface area contributed by atoms with Crippen molar-refractivity contribution in [1.29, 1.82) is 0 Å². The normalized spacial score (nSPS) is 26.5. The highest BCUT2D eigenvalue weighted by atomic mass is 16.4. The highest BCUT2D eigenvalue weighted by Gasteiger charge is 2.35. The standard InChI is InChI=1S/C15H28N2O3/c1-9(2)8-13(15(19)20)16-14(18)12(5)17-10(3)6-7-11(17)4/h9-13H,6-8H2,1-5H3,(H,16,18)(H,19,20)/t10?,11?,12?,13-/m0/s1. The molecule has 4 atom stereocenters. The van der Waals surface area contributed by atoms with Crippen molar-refractivity contribution in [2.75, 3.05) is 0 Å². The van der Waals surface area contributed by atoms with Crippen LogP contribution in [0.25, 0.3) is 0 Å². The van der Waals surface area contributed by atoms with Crippen LogP contribution in [-0.2, 0) is 9.59 Å². The van der Waals surface area contributed by atoms with E-state index < -0.39 is 12.0 Å². The molecule has 1 saturated heterocycles. The maximum Gasteiger partial charge on any atom is 0.326 e. The lowest BCUT2D eigenvalue weighted by molar-refractivity contribution is -0.143. The third-order valence-corrected chi connectivity index (χ3v) is 4.17. The predicted octanol–water partition coefficient (Wildman–Crippen LogP) is 1.86. The predicted molar refractivity (Wildman–Crippen MR) is 78.5 cm³/mol. The minimum Gasteiger partial charge on any atom is -0.480 e. The van der Waals surface area contributed by atoms with Gasteiger partial charge in [-0.1, -0.05) is 13.8 Å². The second-order valence-electron chi connectivity index (χ2n) is 6.43. The van der Waals surface area contributed by atoms with E-state index in [4.69, 9.17) is 0 Å². The van der Waals surface area contributed by atoms with Gasteiger partial charge in [-0.15, -0.1) is 0 Å². The van der Waals surface area contributed by atoms with Gasteiger partial charge >= 0.3 is 5.97 Å². The minimum atomic E-state index is -0.957. The molecular weight excluding hydrogens is 256 g/mol. The van der Waals surface area contributed by atoms with Gasteiger partial charge in [-0.05, 0) is 46.0 Å². The van der Waals surface area contributed by atoms with Crippen LogP contribution in [0.4, 0.5) is 0 Å². The summed E-state index contributed by atoms with van der Waals surface area (Å²) in [6, 6.07) is -0.326. The number of nitrogens with zero attached hydrogens (tertiary/aromatic N) is 1. The summed E-state index contributed by atoms with van der Waals surface area (Å²) in [5, 5.41) is 11.9. The lowest BCUT2D eigenvalue weighted by Crippen LogP contribution is -2.53. The van der Waals surface area contributed by atoms with Gasteiger partial charge in [0.05, 0.1) is 6.04 Å². The van der Waals surface area contributed by atoms with Gasteiger partial charge < -0.3 is 10.4 Å². The lowest BCUT2D eigenvalue weighted by Gasteiger charge is -2.32. The Bertz CT molecular complexity index is 347. The summed E-state index contributed by atoms with van der Waals surface area (Å²) in [4.78, 5) is 25.7.